The molecule has 1 saturated heterocycles. The van der Waals surface area contributed by atoms with Gasteiger partial charge < -0.3 is 5.32 Å². The van der Waals surface area contributed by atoms with Crippen LogP contribution in [0.5, 0.6) is 0 Å². The molecule has 29 heavy (non-hydrogen) atoms. The molecule has 3 amide bonds. The van der Waals surface area contributed by atoms with Crippen LogP contribution in [-0.4, -0.2) is 41.4 Å². The molecule has 0 aromatic heterocycles. The lowest BCUT2D eigenvalue weighted by atomic mass is 10.1. The van der Waals surface area contributed by atoms with Gasteiger partial charge in [0.15, 0.2) is 12.1 Å². The number of halogens is 3. The summed E-state index contributed by atoms with van der Waals surface area (Å²) in [5.74, 6) is -3.09. The van der Waals surface area contributed by atoms with E-state index in [9.17, 15) is 23.2 Å². The topological polar surface area (TPSA) is 94.4 Å². The molecule has 2 atom stereocenters. The van der Waals surface area contributed by atoms with Crippen molar-refractivity contribution in [2.75, 3.05) is 16.8 Å². The van der Waals surface area contributed by atoms with Gasteiger partial charge in [0.05, 0.1) is 10.7 Å². The summed E-state index contributed by atoms with van der Waals surface area (Å²) in [6, 6.07) is 6.52. The molecule has 2 aliphatic rings. The maximum absolute atomic E-state index is 13.4. The Hall–Kier alpha value is -3.40. The minimum absolute atomic E-state index is 0.0974. The molecule has 148 valence electrons. The van der Waals surface area contributed by atoms with Crippen LogP contribution in [0.25, 0.3) is 0 Å². The first-order valence-corrected chi connectivity index (χ1v) is 8.78. The Bertz CT molecular complexity index is 1060. The van der Waals surface area contributed by atoms with Gasteiger partial charge in [0.25, 0.3) is 11.8 Å². The van der Waals surface area contributed by atoms with Gasteiger partial charge in [-0.05, 0) is 36.4 Å². The highest BCUT2D eigenvalue weighted by molar-refractivity contribution is 6.32. The van der Waals surface area contributed by atoms with E-state index in [1.807, 2.05) is 0 Å². The number of hydrogen-bond donors (Lipinski definition) is 1. The average molecular weight is 420 g/mol. The van der Waals surface area contributed by atoms with Crippen LogP contribution >= 0.6 is 11.6 Å². The molecule has 2 aromatic carbocycles. The van der Waals surface area contributed by atoms with E-state index in [2.05, 4.69) is 15.7 Å². The summed E-state index contributed by atoms with van der Waals surface area (Å²) < 4.78 is 26.6. The molecule has 0 saturated carbocycles. The second-order valence-corrected chi connectivity index (χ2v) is 6.77. The fourth-order valence-corrected chi connectivity index (χ4v) is 3.32. The number of carbonyl (C=O) groups is 3. The summed E-state index contributed by atoms with van der Waals surface area (Å²) in [4.78, 5) is 38.5. The normalized spacial score (nSPS) is 20.4. The number of fused-ring (bicyclic) bond motifs is 1. The molecule has 4 rings (SSSR count). The third-order valence-corrected chi connectivity index (χ3v) is 4.72. The van der Waals surface area contributed by atoms with Crippen LogP contribution in [0.2, 0.25) is 5.02 Å². The standard InChI is InChI=1S/C18H12ClF2N5O3/c19-12-7-11(4-5-13(12)21)26-17(28)15-16(18(26)29)25(24-23-15)8-14(27)22-10-3-1-2-9(20)6-10/h1-7,15-16H,8H2,(H,22,27)/t15-,16-/m1/s1. The lowest BCUT2D eigenvalue weighted by molar-refractivity contribution is -0.123. The minimum atomic E-state index is -1.12. The third kappa shape index (κ3) is 3.42. The van der Waals surface area contributed by atoms with Gasteiger partial charge in [-0.1, -0.05) is 22.9 Å². The first kappa shape index (κ1) is 18.9. The van der Waals surface area contributed by atoms with Crippen molar-refractivity contribution in [2.24, 2.45) is 10.3 Å². The van der Waals surface area contributed by atoms with Crippen LogP contribution in [0.3, 0.4) is 0 Å². The van der Waals surface area contributed by atoms with E-state index in [0.29, 0.717) is 0 Å². The fourth-order valence-electron chi connectivity index (χ4n) is 3.15. The molecule has 0 aliphatic carbocycles. The molecular weight excluding hydrogens is 408 g/mol. The van der Waals surface area contributed by atoms with Crippen LogP contribution < -0.4 is 10.2 Å². The molecule has 11 heteroatoms. The molecule has 2 aromatic rings. The molecule has 0 spiro atoms. The van der Waals surface area contributed by atoms with Crippen molar-refractivity contribution in [3.63, 3.8) is 0 Å². The van der Waals surface area contributed by atoms with Gasteiger partial charge >= 0.3 is 0 Å². The SMILES string of the molecule is O=C(CN1N=N[C@H]2C(=O)N(c3ccc(F)c(Cl)c3)C(=O)[C@@H]21)Nc1cccc(F)c1. The first-order chi connectivity index (χ1) is 13.8. The smallest absolute Gasteiger partial charge is 0.263 e. The Labute approximate surface area is 167 Å². The molecule has 0 radical (unpaired) electrons. The van der Waals surface area contributed by atoms with Gasteiger partial charge in [-0.3, -0.25) is 19.4 Å². The predicted molar refractivity (Wildman–Crippen MR) is 98.1 cm³/mol. The van der Waals surface area contributed by atoms with Crippen molar-refractivity contribution >= 4 is 40.7 Å². The minimum Gasteiger partial charge on any atom is -0.324 e. The first-order valence-electron chi connectivity index (χ1n) is 8.41. The molecule has 2 aliphatic heterocycles. The van der Waals surface area contributed by atoms with E-state index < -0.39 is 41.4 Å². The van der Waals surface area contributed by atoms with Crippen molar-refractivity contribution in [3.05, 3.63) is 59.1 Å². The summed E-state index contributed by atoms with van der Waals surface area (Å²) in [6.45, 7) is -0.377. The molecule has 0 bridgehead atoms. The Morgan fingerprint density at radius 3 is 2.66 bits per heavy atom. The zero-order valence-electron chi connectivity index (χ0n) is 14.6. The van der Waals surface area contributed by atoms with Crippen molar-refractivity contribution < 1.29 is 23.2 Å². The van der Waals surface area contributed by atoms with Crippen molar-refractivity contribution in [2.45, 2.75) is 12.1 Å². The maximum atomic E-state index is 13.4. The van der Waals surface area contributed by atoms with Gasteiger partial charge in [0, 0.05) is 5.69 Å². The largest absolute Gasteiger partial charge is 0.324 e. The summed E-state index contributed by atoms with van der Waals surface area (Å²) in [5, 5.41) is 10.9. The van der Waals surface area contributed by atoms with Crippen LogP contribution in [0.15, 0.2) is 52.8 Å². The monoisotopic (exact) mass is 419 g/mol. The number of nitrogens with zero attached hydrogens (tertiary/aromatic N) is 4. The number of hydrogen-bond acceptors (Lipinski definition) is 6. The zero-order chi connectivity index (χ0) is 20.7. The number of benzene rings is 2. The fraction of sp³-hybridized carbons (Fsp3) is 0.167. The molecule has 1 fully saturated rings. The molecular formula is C18H12ClF2N5O3. The molecule has 2 heterocycles. The van der Waals surface area contributed by atoms with Gasteiger partial charge in [-0.15, -0.1) is 0 Å². The molecule has 8 nitrogen and oxygen atoms in total. The number of rotatable bonds is 4. The van der Waals surface area contributed by atoms with E-state index in [0.717, 1.165) is 28.1 Å². The van der Waals surface area contributed by atoms with Crippen molar-refractivity contribution in [3.8, 4) is 0 Å². The maximum Gasteiger partial charge on any atom is 0.263 e. The van der Waals surface area contributed by atoms with Crippen LogP contribution in [0.1, 0.15) is 0 Å². The van der Waals surface area contributed by atoms with E-state index in [1.54, 1.807) is 0 Å². The lowest BCUT2D eigenvalue weighted by Gasteiger charge is -2.20. The average Bonchev–Trinajstić information content (AvgIpc) is 3.18. The number of carbonyl (C=O) groups excluding carboxylic acids is 3. The summed E-state index contributed by atoms with van der Waals surface area (Å²) in [7, 11) is 0. The third-order valence-electron chi connectivity index (χ3n) is 4.43. The highest BCUT2D eigenvalue weighted by atomic mass is 35.5. The predicted octanol–water partition coefficient (Wildman–Crippen LogP) is 2.55. The summed E-state index contributed by atoms with van der Waals surface area (Å²) in [5.41, 5.74) is 0.333. The van der Waals surface area contributed by atoms with Crippen LogP contribution in [0.4, 0.5) is 20.2 Å². The Morgan fingerprint density at radius 1 is 1.14 bits per heavy atom. The van der Waals surface area contributed by atoms with Crippen molar-refractivity contribution in [1.82, 2.24) is 5.01 Å². The zero-order valence-corrected chi connectivity index (χ0v) is 15.3. The number of imide groups is 1. The lowest BCUT2D eigenvalue weighted by Crippen LogP contribution is -2.43. The number of anilines is 2. The Kier molecular flexibility index (Phi) is 4.71. The highest BCUT2D eigenvalue weighted by Crippen LogP contribution is 2.33. The van der Waals surface area contributed by atoms with Gasteiger partial charge in [-0.2, -0.15) is 5.11 Å². The quantitative estimate of drug-likeness (QED) is 0.770. The second-order valence-electron chi connectivity index (χ2n) is 6.36. The Morgan fingerprint density at radius 2 is 1.93 bits per heavy atom. The Balaban J connectivity index is 1.50. The van der Waals surface area contributed by atoms with Crippen molar-refractivity contribution in [1.29, 1.82) is 0 Å². The van der Waals surface area contributed by atoms with E-state index in [-0.39, 0.29) is 22.9 Å². The second kappa shape index (κ2) is 7.21. The van der Waals surface area contributed by atoms with Gasteiger partial charge in [0.2, 0.25) is 5.91 Å². The molecule has 1 N–H and O–H groups in total. The van der Waals surface area contributed by atoms with Crippen LogP contribution in [-0.2, 0) is 14.4 Å². The summed E-state index contributed by atoms with van der Waals surface area (Å²) in [6.07, 6.45) is 0. The number of amides is 3. The van der Waals surface area contributed by atoms with E-state index >= 15 is 0 Å². The number of nitrogens with one attached hydrogen (secondary N) is 1. The van der Waals surface area contributed by atoms with E-state index in [4.69, 9.17) is 11.6 Å². The van der Waals surface area contributed by atoms with Gasteiger partial charge in [0.1, 0.15) is 18.2 Å². The van der Waals surface area contributed by atoms with Gasteiger partial charge in [-0.25, -0.2) is 13.7 Å². The highest BCUT2D eigenvalue weighted by Gasteiger charge is 2.55. The van der Waals surface area contributed by atoms with Crippen LogP contribution in [0, 0.1) is 11.6 Å². The van der Waals surface area contributed by atoms with E-state index in [1.165, 1.54) is 24.3 Å². The summed E-state index contributed by atoms with van der Waals surface area (Å²) >= 11 is 5.74. The molecule has 0 unspecified atom stereocenters.